The van der Waals surface area contributed by atoms with Crippen LogP contribution in [0, 0.1) is 0 Å². The van der Waals surface area contributed by atoms with Crippen molar-refractivity contribution < 1.29 is 14.3 Å². The van der Waals surface area contributed by atoms with Gasteiger partial charge in [0, 0.05) is 11.8 Å². The van der Waals surface area contributed by atoms with Crippen LogP contribution in [0.3, 0.4) is 0 Å². The molecule has 3 rings (SSSR count). The summed E-state index contributed by atoms with van der Waals surface area (Å²) in [5.74, 6) is 1.24. The van der Waals surface area contributed by atoms with Gasteiger partial charge in [0.05, 0.1) is 0 Å². The summed E-state index contributed by atoms with van der Waals surface area (Å²) in [5, 5.41) is 2.87. The zero-order valence-corrected chi connectivity index (χ0v) is 15.2. The lowest BCUT2D eigenvalue weighted by Gasteiger charge is -2.19. The van der Waals surface area contributed by atoms with E-state index in [9.17, 15) is 4.79 Å². The first-order valence-electron chi connectivity index (χ1n) is 9.09. The molecule has 2 aromatic rings. The second-order valence-corrected chi connectivity index (χ2v) is 6.51. The van der Waals surface area contributed by atoms with Gasteiger partial charge in [-0.05, 0) is 68.0 Å². The van der Waals surface area contributed by atoms with Crippen molar-refractivity contribution in [2.75, 3.05) is 11.9 Å². The van der Waals surface area contributed by atoms with E-state index in [2.05, 4.69) is 24.0 Å². The Balaban J connectivity index is 1.60. The number of amides is 1. The van der Waals surface area contributed by atoms with E-state index in [1.165, 1.54) is 24.0 Å². The predicted molar refractivity (Wildman–Crippen MR) is 104 cm³/mol. The van der Waals surface area contributed by atoms with Gasteiger partial charge >= 0.3 is 0 Å². The average Bonchev–Trinajstić information content (AvgIpc) is 2.66. The number of aryl methyl sites for hydroxylation is 2. The molecule has 0 saturated carbocycles. The fraction of sp³-hybridized carbons (Fsp3) is 0.318. The molecule has 4 heteroatoms. The summed E-state index contributed by atoms with van der Waals surface area (Å²) >= 11 is 0. The van der Waals surface area contributed by atoms with Crippen LogP contribution in [0.1, 0.15) is 30.9 Å². The molecule has 4 nitrogen and oxygen atoms in total. The van der Waals surface area contributed by atoms with Gasteiger partial charge in [0.2, 0.25) is 0 Å². The molecule has 0 aliphatic heterocycles. The van der Waals surface area contributed by atoms with E-state index < -0.39 is 6.10 Å². The maximum absolute atomic E-state index is 12.4. The van der Waals surface area contributed by atoms with Crippen LogP contribution in [0.25, 0.3) is 0 Å². The zero-order chi connectivity index (χ0) is 18.4. The average molecular weight is 351 g/mol. The van der Waals surface area contributed by atoms with Gasteiger partial charge in [0.25, 0.3) is 5.91 Å². The van der Waals surface area contributed by atoms with Crippen molar-refractivity contribution in [3.63, 3.8) is 0 Å². The van der Waals surface area contributed by atoms with Crippen LogP contribution in [0.4, 0.5) is 5.69 Å². The van der Waals surface area contributed by atoms with Crippen molar-refractivity contribution in [3.05, 3.63) is 66.2 Å². The molecule has 0 bridgehead atoms. The van der Waals surface area contributed by atoms with Crippen LogP contribution >= 0.6 is 0 Å². The molecule has 1 amide bonds. The molecule has 1 aliphatic rings. The van der Waals surface area contributed by atoms with E-state index >= 15 is 0 Å². The summed E-state index contributed by atoms with van der Waals surface area (Å²) in [6.45, 7) is 5.81. The first kappa shape index (κ1) is 18.1. The Morgan fingerprint density at radius 3 is 2.77 bits per heavy atom. The summed E-state index contributed by atoms with van der Waals surface area (Å²) in [7, 11) is 0. The Hall–Kier alpha value is -2.75. The standard InChI is InChI=1S/C22H25NO3/c1-3-13-25-20-10-6-9-19(15-20)23-22(24)16(2)26-21-12-11-17-7-4-5-8-18(17)14-21/h3,6,9-12,14-16H,1,4-5,7-8,13H2,2H3,(H,23,24)/t16-/m1/s1. The molecular formula is C22H25NO3. The van der Waals surface area contributed by atoms with Crippen molar-refractivity contribution in [2.45, 2.75) is 38.7 Å². The van der Waals surface area contributed by atoms with E-state index in [1.54, 1.807) is 19.1 Å². The highest BCUT2D eigenvalue weighted by atomic mass is 16.5. The molecule has 1 N–H and O–H groups in total. The maximum Gasteiger partial charge on any atom is 0.265 e. The van der Waals surface area contributed by atoms with Crippen molar-refractivity contribution in [2.24, 2.45) is 0 Å². The summed E-state index contributed by atoms with van der Waals surface area (Å²) in [6, 6.07) is 13.4. The molecule has 136 valence electrons. The molecule has 0 aromatic heterocycles. The second-order valence-electron chi connectivity index (χ2n) is 6.51. The van der Waals surface area contributed by atoms with Crippen molar-refractivity contribution in [1.29, 1.82) is 0 Å². The van der Waals surface area contributed by atoms with Crippen LogP contribution in [-0.2, 0) is 17.6 Å². The van der Waals surface area contributed by atoms with Crippen LogP contribution in [0.2, 0.25) is 0 Å². The first-order valence-corrected chi connectivity index (χ1v) is 9.09. The fourth-order valence-corrected chi connectivity index (χ4v) is 3.10. The smallest absolute Gasteiger partial charge is 0.265 e. The third kappa shape index (κ3) is 4.66. The minimum Gasteiger partial charge on any atom is -0.489 e. The number of carbonyl (C=O) groups excluding carboxylic acids is 1. The number of hydrogen-bond acceptors (Lipinski definition) is 3. The number of hydrogen-bond donors (Lipinski definition) is 1. The maximum atomic E-state index is 12.4. The van der Waals surface area contributed by atoms with E-state index in [4.69, 9.17) is 9.47 Å². The van der Waals surface area contributed by atoms with Crippen LogP contribution < -0.4 is 14.8 Å². The van der Waals surface area contributed by atoms with Gasteiger partial charge < -0.3 is 14.8 Å². The molecule has 1 atom stereocenters. The first-order chi connectivity index (χ1) is 12.7. The summed E-state index contributed by atoms with van der Waals surface area (Å²) in [5.41, 5.74) is 3.42. The zero-order valence-electron chi connectivity index (χ0n) is 15.2. The number of carbonyl (C=O) groups is 1. The highest BCUT2D eigenvalue weighted by molar-refractivity contribution is 5.94. The van der Waals surface area contributed by atoms with Gasteiger partial charge in [0.15, 0.2) is 6.10 Å². The highest BCUT2D eigenvalue weighted by Crippen LogP contribution is 2.26. The molecular weight excluding hydrogens is 326 g/mol. The fourth-order valence-electron chi connectivity index (χ4n) is 3.10. The number of rotatable bonds is 7. The lowest BCUT2D eigenvalue weighted by atomic mass is 9.92. The van der Waals surface area contributed by atoms with Gasteiger partial charge in [-0.3, -0.25) is 4.79 Å². The molecule has 0 heterocycles. The van der Waals surface area contributed by atoms with Crippen molar-refractivity contribution in [1.82, 2.24) is 0 Å². The quantitative estimate of drug-likeness (QED) is 0.745. The molecule has 0 saturated heterocycles. The number of fused-ring (bicyclic) bond motifs is 1. The molecule has 2 aromatic carbocycles. The summed E-state index contributed by atoms with van der Waals surface area (Å²) in [6.07, 6.45) is 5.79. The van der Waals surface area contributed by atoms with Crippen LogP contribution in [0.5, 0.6) is 11.5 Å². The van der Waals surface area contributed by atoms with E-state index in [0.717, 1.165) is 18.6 Å². The van der Waals surface area contributed by atoms with Crippen LogP contribution in [0.15, 0.2) is 55.1 Å². The largest absolute Gasteiger partial charge is 0.489 e. The number of nitrogens with one attached hydrogen (secondary N) is 1. The molecule has 26 heavy (non-hydrogen) atoms. The molecule has 0 radical (unpaired) electrons. The monoisotopic (exact) mass is 351 g/mol. The lowest BCUT2D eigenvalue weighted by molar-refractivity contribution is -0.122. The SMILES string of the molecule is C=CCOc1cccc(NC(=O)[C@@H](C)Oc2ccc3c(c2)CCCC3)c1. The van der Waals surface area contributed by atoms with Gasteiger partial charge in [-0.2, -0.15) is 0 Å². The predicted octanol–water partition coefficient (Wildman–Crippen LogP) is 4.54. The van der Waals surface area contributed by atoms with Gasteiger partial charge in [-0.25, -0.2) is 0 Å². The van der Waals surface area contributed by atoms with Gasteiger partial charge in [-0.15, -0.1) is 0 Å². The normalized spacial score (nSPS) is 14.0. The lowest BCUT2D eigenvalue weighted by Crippen LogP contribution is -2.30. The highest BCUT2D eigenvalue weighted by Gasteiger charge is 2.17. The van der Waals surface area contributed by atoms with E-state index in [1.807, 2.05) is 24.3 Å². The molecule has 1 aliphatic carbocycles. The van der Waals surface area contributed by atoms with Crippen molar-refractivity contribution in [3.8, 4) is 11.5 Å². The Morgan fingerprint density at radius 2 is 1.96 bits per heavy atom. The molecule has 0 fully saturated rings. The third-order valence-electron chi connectivity index (χ3n) is 4.47. The Morgan fingerprint density at radius 1 is 1.15 bits per heavy atom. The van der Waals surface area contributed by atoms with E-state index in [0.29, 0.717) is 18.0 Å². The Bertz CT molecular complexity index is 785. The molecule has 0 unspecified atom stereocenters. The van der Waals surface area contributed by atoms with Gasteiger partial charge in [-0.1, -0.05) is 24.8 Å². The minimum atomic E-state index is -0.589. The summed E-state index contributed by atoms with van der Waals surface area (Å²) < 4.78 is 11.3. The second kappa shape index (κ2) is 8.56. The number of anilines is 1. The summed E-state index contributed by atoms with van der Waals surface area (Å²) in [4.78, 5) is 12.4. The number of benzene rings is 2. The molecule has 0 spiro atoms. The Labute approximate surface area is 154 Å². The minimum absolute atomic E-state index is 0.191. The van der Waals surface area contributed by atoms with E-state index in [-0.39, 0.29) is 5.91 Å². The van der Waals surface area contributed by atoms with Gasteiger partial charge in [0.1, 0.15) is 18.1 Å². The van der Waals surface area contributed by atoms with Crippen LogP contribution in [-0.4, -0.2) is 18.6 Å². The third-order valence-corrected chi connectivity index (χ3v) is 4.47. The number of ether oxygens (including phenoxy) is 2. The Kier molecular flexibility index (Phi) is 5.95. The topological polar surface area (TPSA) is 47.6 Å². The van der Waals surface area contributed by atoms with Crippen molar-refractivity contribution >= 4 is 11.6 Å².